The second-order valence-corrected chi connectivity index (χ2v) is 8.89. The molecule has 0 unspecified atom stereocenters. The quantitative estimate of drug-likeness (QED) is 0.720. The maximum absolute atomic E-state index is 13.0. The molecule has 0 spiro atoms. The lowest BCUT2D eigenvalue weighted by atomic mass is 10.1. The molecule has 0 bridgehead atoms. The molecule has 1 N–H and O–H groups in total. The lowest BCUT2D eigenvalue weighted by Gasteiger charge is -2.30. The molecule has 0 aliphatic carbocycles. The van der Waals surface area contributed by atoms with E-state index in [1.807, 2.05) is 0 Å². The lowest BCUT2D eigenvalue weighted by Crippen LogP contribution is -2.50. The highest BCUT2D eigenvalue weighted by molar-refractivity contribution is 7.92. The highest BCUT2D eigenvalue weighted by Crippen LogP contribution is 2.33. The van der Waals surface area contributed by atoms with Gasteiger partial charge in [-0.1, -0.05) is 18.2 Å². The number of hydrogen-bond acceptors (Lipinski definition) is 5. The van der Waals surface area contributed by atoms with Gasteiger partial charge in [0, 0.05) is 0 Å². The molecule has 0 saturated carbocycles. The van der Waals surface area contributed by atoms with Crippen LogP contribution in [0.1, 0.15) is 12.5 Å². The molecule has 1 aliphatic heterocycles. The van der Waals surface area contributed by atoms with E-state index in [9.17, 15) is 26.4 Å². The molecule has 0 fully saturated rings. The minimum absolute atomic E-state index is 0.0255. The van der Waals surface area contributed by atoms with E-state index in [2.05, 4.69) is 5.32 Å². The van der Waals surface area contributed by atoms with Crippen molar-refractivity contribution in [2.75, 3.05) is 23.7 Å². The van der Waals surface area contributed by atoms with Crippen LogP contribution < -0.4 is 19.1 Å². The molecule has 1 amide bonds. The van der Waals surface area contributed by atoms with E-state index in [0.717, 1.165) is 18.4 Å². The van der Waals surface area contributed by atoms with Crippen LogP contribution in [0.4, 0.5) is 18.9 Å². The molecule has 1 aliphatic rings. The van der Waals surface area contributed by atoms with Crippen molar-refractivity contribution in [3.63, 3.8) is 0 Å². The summed E-state index contributed by atoms with van der Waals surface area (Å²) in [5, 5.41) is 2.58. The van der Waals surface area contributed by atoms with Gasteiger partial charge in [-0.3, -0.25) is 9.10 Å². The number of ether oxygens (including phenoxy) is 2. The van der Waals surface area contributed by atoms with Crippen LogP contribution >= 0.6 is 0 Å². The van der Waals surface area contributed by atoms with Gasteiger partial charge in [0.15, 0.2) is 11.5 Å². The number of para-hydroxylation sites is 2. The maximum atomic E-state index is 13.0. The normalized spacial score (nSPS) is 17.0. The summed E-state index contributed by atoms with van der Waals surface area (Å²) in [7, 11) is -4.06. The van der Waals surface area contributed by atoms with Crippen molar-refractivity contribution < 1.29 is 35.9 Å². The molecule has 0 saturated heterocycles. The number of halogens is 3. The fourth-order valence-electron chi connectivity index (χ4n) is 3.15. The third kappa shape index (κ3) is 5.40. The molecular formula is C20H21F3N2O5S. The molecular weight excluding hydrogens is 437 g/mol. The topological polar surface area (TPSA) is 84.9 Å². The fraction of sp³-hybridized carbons (Fsp3) is 0.350. The SMILES string of the molecule is C[C@@H](C(=O)NC[C@@H]1COc2ccccc2O1)N(c1cccc(C(F)(F)F)c1)S(C)(=O)=O. The van der Waals surface area contributed by atoms with Crippen LogP contribution in [-0.2, 0) is 21.0 Å². The Hall–Kier alpha value is -2.95. The number of hydrogen-bond donors (Lipinski definition) is 1. The number of nitrogens with zero attached hydrogens (tertiary/aromatic N) is 1. The summed E-state index contributed by atoms with van der Waals surface area (Å²) in [6.07, 6.45) is -4.34. The first-order valence-electron chi connectivity index (χ1n) is 9.29. The zero-order chi connectivity index (χ0) is 22.8. The average Bonchev–Trinajstić information content (AvgIpc) is 2.70. The fourth-order valence-corrected chi connectivity index (χ4v) is 4.32. The van der Waals surface area contributed by atoms with Gasteiger partial charge in [0.05, 0.1) is 24.1 Å². The Bertz CT molecular complexity index is 1060. The first kappa shape index (κ1) is 22.7. The van der Waals surface area contributed by atoms with E-state index >= 15 is 0 Å². The monoisotopic (exact) mass is 458 g/mol. The van der Waals surface area contributed by atoms with Crippen molar-refractivity contribution >= 4 is 21.6 Å². The summed E-state index contributed by atoms with van der Waals surface area (Å²) in [5.74, 6) is 0.402. The van der Waals surface area contributed by atoms with Crippen LogP contribution in [-0.4, -0.2) is 45.9 Å². The molecule has 31 heavy (non-hydrogen) atoms. The highest BCUT2D eigenvalue weighted by Gasteiger charge is 2.34. The zero-order valence-electron chi connectivity index (χ0n) is 16.7. The minimum Gasteiger partial charge on any atom is -0.486 e. The van der Waals surface area contributed by atoms with Gasteiger partial charge in [0.2, 0.25) is 15.9 Å². The number of nitrogens with one attached hydrogen (secondary N) is 1. The van der Waals surface area contributed by atoms with E-state index in [-0.39, 0.29) is 18.8 Å². The van der Waals surface area contributed by atoms with E-state index in [1.165, 1.54) is 13.0 Å². The number of carbonyl (C=O) groups is 1. The number of benzene rings is 2. The molecule has 0 radical (unpaired) electrons. The Labute approximate surface area is 177 Å². The number of rotatable bonds is 6. The molecule has 11 heteroatoms. The predicted octanol–water partition coefficient (Wildman–Crippen LogP) is 2.82. The van der Waals surface area contributed by atoms with Crippen LogP contribution in [0.3, 0.4) is 0 Å². The van der Waals surface area contributed by atoms with Crippen molar-refractivity contribution in [1.29, 1.82) is 0 Å². The Morgan fingerprint density at radius 1 is 1.19 bits per heavy atom. The Morgan fingerprint density at radius 3 is 2.52 bits per heavy atom. The molecule has 1 heterocycles. The van der Waals surface area contributed by atoms with E-state index in [4.69, 9.17) is 9.47 Å². The summed E-state index contributed by atoms with van der Waals surface area (Å²) < 4.78 is 75.7. The van der Waals surface area contributed by atoms with Crippen molar-refractivity contribution in [1.82, 2.24) is 5.32 Å². The zero-order valence-corrected chi connectivity index (χ0v) is 17.5. The third-order valence-electron chi connectivity index (χ3n) is 4.59. The summed E-state index contributed by atoms with van der Waals surface area (Å²) in [4.78, 5) is 12.6. The summed E-state index contributed by atoms with van der Waals surface area (Å²) in [6.45, 7) is 1.50. The maximum Gasteiger partial charge on any atom is 0.416 e. The van der Waals surface area contributed by atoms with Crippen LogP contribution in [0.5, 0.6) is 11.5 Å². The van der Waals surface area contributed by atoms with E-state index in [0.29, 0.717) is 21.9 Å². The second kappa shape index (κ2) is 8.66. The van der Waals surface area contributed by atoms with E-state index < -0.39 is 39.8 Å². The Balaban J connectivity index is 1.72. The first-order valence-corrected chi connectivity index (χ1v) is 11.1. The van der Waals surface area contributed by atoms with Crippen LogP contribution in [0.2, 0.25) is 0 Å². The van der Waals surface area contributed by atoms with Crippen molar-refractivity contribution in [2.45, 2.75) is 25.2 Å². The van der Waals surface area contributed by atoms with Crippen molar-refractivity contribution in [3.05, 3.63) is 54.1 Å². The standard InChI is InChI=1S/C20H21F3N2O5S/c1-13(19(26)24-11-16-12-29-17-8-3-4-9-18(17)30-16)25(31(2,27)28)15-7-5-6-14(10-15)20(21,22)23/h3-10,13,16H,11-12H2,1-2H3,(H,24,26)/t13-,16+/m0/s1. The number of carbonyl (C=O) groups excluding carboxylic acids is 1. The molecule has 0 aromatic heterocycles. The van der Waals surface area contributed by atoms with Gasteiger partial charge in [-0.25, -0.2) is 8.42 Å². The second-order valence-electron chi connectivity index (χ2n) is 7.03. The van der Waals surface area contributed by atoms with Gasteiger partial charge in [-0.05, 0) is 37.3 Å². The van der Waals surface area contributed by atoms with Crippen LogP contribution in [0.25, 0.3) is 0 Å². The molecule has 2 aromatic carbocycles. The van der Waals surface area contributed by atoms with Gasteiger partial charge in [-0.2, -0.15) is 13.2 Å². The molecule has 7 nitrogen and oxygen atoms in total. The number of amides is 1. The summed E-state index contributed by atoms with van der Waals surface area (Å²) >= 11 is 0. The Morgan fingerprint density at radius 2 is 1.87 bits per heavy atom. The van der Waals surface area contributed by atoms with Gasteiger partial charge in [0.25, 0.3) is 0 Å². The summed E-state index contributed by atoms with van der Waals surface area (Å²) in [6, 6.07) is 9.53. The molecule has 2 atom stereocenters. The number of alkyl halides is 3. The number of anilines is 1. The first-order chi connectivity index (χ1) is 14.5. The van der Waals surface area contributed by atoms with Crippen LogP contribution in [0.15, 0.2) is 48.5 Å². The van der Waals surface area contributed by atoms with Crippen molar-refractivity contribution in [2.24, 2.45) is 0 Å². The van der Waals surface area contributed by atoms with Gasteiger partial charge in [-0.15, -0.1) is 0 Å². The highest BCUT2D eigenvalue weighted by atomic mass is 32.2. The predicted molar refractivity (Wildman–Crippen MR) is 108 cm³/mol. The minimum atomic E-state index is -4.65. The smallest absolute Gasteiger partial charge is 0.416 e. The van der Waals surface area contributed by atoms with Crippen molar-refractivity contribution in [3.8, 4) is 11.5 Å². The summed E-state index contributed by atoms with van der Waals surface area (Å²) in [5.41, 5.74) is -1.27. The average molecular weight is 458 g/mol. The number of fused-ring (bicyclic) bond motifs is 1. The molecule has 168 valence electrons. The molecule has 3 rings (SSSR count). The van der Waals surface area contributed by atoms with Gasteiger partial charge < -0.3 is 14.8 Å². The number of sulfonamides is 1. The van der Waals surface area contributed by atoms with Crippen LogP contribution in [0, 0.1) is 0 Å². The third-order valence-corrected chi connectivity index (χ3v) is 5.83. The van der Waals surface area contributed by atoms with Gasteiger partial charge >= 0.3 is 6.18 Å². The van der Waals surface area contributed by atoms with E-state index in [1.54, 1.807) is 24.3 Å². The lowest BCUT2D eigenvalue weighted by molar-refractivity contribution is -0.137. The molecule has 2 aromatic rings. The Kier molecular flexibility index (Phi) is 6.35. The largest absolute Gasteiger partial charge is 0.486 e. The van der Waals surface area contributed by atoms with Gasteiger partial charge in [0.1, 0.15) is 18.8 Å².